The lowest BCUT2D eigenvalue weighted by Gasteiger charge is -2.42. The average molecular weight is 261 g/mol. The minimum absolute atomic E-state index is 0.0370. The van der Waals surface area contributed by atoms with Crippen molar-refractivity contribution in [2.45, 2.75) is 44.2 Å². The predicted octanol–water partition coefficient (Wildman–Crippen LogP) is 3.30. The minimum atomic E-state index is 0.0370. The molecule has 3 unspecified atom stereocenters. The van der Waals surface area contributed by atoms with Crippen LogP contribution in [0.25, 0.3) is 0 Å². The van der Waals surface area contributed by atoms with Gasteiger partial charge < -0.3 is 14.8 Å². The molecule has 1 fully saturated rings. The maximum atomic E-state index is 6.43. The third-order valence-corrected chi connectivity index (χ3v) is 4.94. The highest BCUT2D eigenvalue weighted by Gasteiger charge is 2.47. The second-order valence-corrected chi connectivity index (χ2v) is 5.91. The van der Waals surface area contributed by atoms with E-state index in [0.29, 0.717) is 12.0 Å². The van der Waals surface area contributed by atoms with Gasteiger partial charge in [0, 0.05) is 18.0 Å². The molecule has 0 radical (unpaired) electrons. The molecule has 3 nitrogen and oxygen atoms in total. The zero-order chi connectivity index (χ0) is 13.5. The normalized spacial score (nSPS) is 33.0. The summed E-state index contributed by atoms with van der Waals surface area (Å²) in [5.74, 6) is 2.57. The van der Waals surface area contributed by atoms with E-state index in [-0.39, 0.29) is 5.60 Å². The van der Waals surface area contributed by atoms with Gasteiger partial charge in [0.1, 0.15) is 17.1 Å². The summed E-state index contributed by atoms with van der Waals surface area (Å²) in [6, 6.07) is 6.51. The quantitative estimate of drug-likeness (QED) is 0.886. The Bertz CT molecular complexity index is 474. The Hall–Kier alpha value is -1.22. The van der Waals surface area contributed by atoms with Crippen LogP contribution in [-0.2, 0) is 0 Å². The zero-order valence-electron chi connectivity index (χ0n) is 12.0. The Balaban J connectivity index is 2.00. The van der Waals surface area contributed by atoms with Crippen LogP contribution in [0.1, 0.15) is 44.2 Å². The second kappa shape index (κ2) is 4.71. The van der Waals surface area contributed by atoms with Gasteiger partial charge in [-0.3, -0.25) is 0 Å². The van der Waals surface area contributed by atoms with Crippen LogP contribution in [0.15, 0.2) is 18.2 Å². The van der Waals surface area contributed by atoms with Crippen LogP contribution in [0.5, 0.6) is 11.5 Å². The lowest BCUT2D eigenvalue weighted by Crippen LogP contribution is -2.45. The van der Waals surface area contributed by atoms with Crippen LogP contribution < -0.4 is 14.8 Å². The highest BCUT2D eigenvalue weighted by Crippen LogP contribution is 2.50. The van der Waals surface area contributed by atoms with E-state index in [9.17, 15) is 0 Å². The summed E-state index contributed by atoms with van der Waals surface area (Å²) in [5.41, 5.74) is 1.27. The SMILES string of the molecule is CNC1CC2(CCCC2C)Oc2ccc(OC)cc21. The van der Waals surface area contributed by atoms with Gasteiger partial charge in [0.05, 0.1) is 7.11 Å². The molecule has 0 bridgehead atoms. The molecular weight excluding hydrogens is 238 g/mol. The van der Waals surface area contributed by atoms with E-state index in [2.05, 4.69) is 24.4 Å². The van der Waals surface area contributed by atoms with Crippen LogP contribution in [0.4, 0.5) is 0 Å². The molecule has 3 atom stereocenters. The first-order valence-corrected chi connectivity index (χ1v) is 7.23. The molecule has 2 aliphatic rings. The molecule has 3 rings (SSSR count). The second-order valence-electron chi connectivity index (χ2n) is 5.91. The fourth-order valence-electron chi connectivity index (χ4n) is 3.66. The third-order valence-electron chi connectivity index (χ3n) is 4.94. The topological polar surface area (TPSA) is 30.5 Å². The van der Waals surface area contributed by atoms with Crippen molar-refractivity contribution < 1.29 is 9.47 Å². The number of benzene rings is 1. The summed E-state index contributed by atoms with van der Waals surface area (Å²) < 4.78 is 11.8. The monoisotopic (exact) mass is 261 g/mol. The van der Waals surface area contributed by atoms with Crippen LogP contribution in [0.3, 0.4) is 0 Å². The number of methoxy groups -OCH3 is 1. The van der Waals surface area contributed by atoms with Crippen LogP contribution in [0, 0.1) is 5.92 Å². The van der Waals surface area contributed by atoms with Crippen LogP contribution >= 0.6 is 0 Å². The Morgan fingerprint density at radius 2 is 2.26 bits per heavy atom. The molecule has 1 aromatic carbocycles. The van der Waals surface area contributed by atoms with Gasteiger partial charge in [0.25, 0.3) is 0 Å². The Labute approximate surface area is 115 Å². The van der Waals surface area contributed by atoms with Crippen LogP contribution in [0.2, 0.25) is 0 Å². The van der Waals surface area contributed by atoms with Crippen molar-refractivity contribution in [3.63, 3.8) is 0 Å². The summed E-state index contributed by atoms with van der Waals surface area (Å²) in [5, 5.41) is 3.45. The van der Waals surface area contributed by atoms with Crippen LogP contribution in [-0.4, -0.2) is 19.8 Å². The summed E-state index contributed by atoms with van der Waals surface area (Å²) in [7, 11) is 3.74. The first-order valence-electron chi connectivity index (χ1n) is 7.23. The number of hydrogen-bond donors (Lipinski definition) is 1. The molecule has 1 heterocycles. The van der Waals surface area contributed by atoms with Gasteiger partial charge in [-0.25, -0.2) is 0 Å². The fourth-order valence-corrected chi connectivity index (χ4v) is 3.66. The highest BCUT2D eigenvalue weighted by molar-refractivity contribution is 5.44. The highest BCUT2D eigenvalue weighted by atomic mass is 16.5. The molecule has 19 heavy (non-hydrogen) atoms. The van der Waals surface area contributed by atoms with Gasteiger partial charge >= 0.3 is 0 Å². The van der Waals surface area contributed by atoms with Gasteiger partial charge in [-0.2, -0.15) is 0 Å². The molecule has 1 aliphatic carbocycles. The van der Waals surface area contributed by atoms with Gasteiger partial charge in [-0.15, -0.1) is 0 Å². The molecule has 1 N–H and O–H groups in total. The molecule has 1 spiro atoms. The predicted molar refractivity (Wildman–Crippen MR) is 75.8 cm³/mol. The molecule has 0 aromatic heterocycles. The van der Waals surface area contributed by atoms with Crippen molar-refractivity contribution in [3.05, 3.63) is 23.8 Å². The van der Waals surface area contributed by atoms with E-state index < -0.39 is 0 Å². The van der Waals surface area contributed by atoms with Crippen molar-refractivity contribution in [1.29, 1.82) is 0 Å². The van der Waals surface area contributed by atoms with E-state index in [4.69, 9.17) is 9.47 Å². The molecule has 0 saturated heterocycles. The van der Waals surface area contributed by atoms with E-state index in [1.54, 1.807) is 7.11 Å². The maximum Gasteiger partial charge on any atom is 0.125 e. The van der Waals surface area contributed by atoms with E-state index in [0.717, 1.165) is 17.9 Å². The molecule has 1 aromatic rings. The Morgan fingerprint density at radius 3 is 2.89 bits per heavy atom. The van der Waals surface area contributed by atoms with E-state index >= 15 is 0 Å². The smallest absolute Gasteiger partial charge is 0.125 e. The molecule has 3 heteroatoms. The number of ether oxygens (including phenoxy) is 2. The Kier molecular flexibility index (Phi) is 3.17. The fraction of sp³-hybridized carbons (Fsp3) is 0.625. The zero-order valence-corrected chi connectivity index (χ0v) is 12.0. The maximum absolute atomic E-state index is 6.43. The average Bonchev–Trinajstić information content (AvgIpc) is 2.78. The summed E-state index contributed by atoms with van der Waals surface area (Å²) in [6.07, 6.45) is 4.80. The Morgan fingerprint density at radius 1 is 1.42 bits per heavy atom. The molecule has 0 amide bonds. The number of fused-ring (bicyclic) bond motifs is 1. The largest absolute Gasteiger partial charge is 0.497 e. The lowest BCUT2D eigenvalue weighted by molar-refractivity contribution is 0.00267. The molecule has 1 aliphatic heterocycles. The summed E-state index contributed by atoms with van der Waals surface area (Å²) in [4.78, 5) is 0. The van der Waals surface area contributed by atoms with Crippen molar-refractivity contribution in [3.8, 4) is 11.5 Å². The number of rotatable bonds is 2. The van der Waals surface area contributed by atoms with Crippen molar-refractivity contribution in [2.24, 2.45) is 5.92 Å². The van der Waals surface area contributed by atoms with Crippen molar-refractivity contribution in [2.75, 3.05) is 14.2 Å². The van der Waals surface area contributed by atoms with Gasteiger partial charge in [0.15, 0.2) is 0 Å². The van der Waals surface area contributed by atoms with Crippen molar-refractivity contribution >= 4 is 0 Å². The molecule has 104 valence electrons. The first-order chi connectivity index (χ1) is 9.18. The van der Waals surface area contributed by atoms with Crippen molar-refractivity contribution in [1.82, 2.24) is 5.32 Å². The summed E-state index contributed by atoms with van der Waals surface area (Å²) >= 11 is 0. The van der Waals surface area contributed by atoms with Gasteiger partial charge in [-0.05, 0) is 50.4 Å². The number of nitrogens with one attached hydrogen (secondary N) is 1. The first kappa shape index (κ1) is 12.8. The van der Waals surface area contributed by atoms with E-state index in [1.165, 1.54) is 24.8 Å². The minimum Gasteiger partial charge on any atom is -0.497 e. The van der Waals surface area contributed by atoms with E-state index in [1.807, 2.05) is 13.1 Å². The standard InChI is InChI=1S/C16H23NO2/c1-11-5-4-8-16(11)10-14(17-2)13-9-12(18-3)6-7-15(13)19-16/h6-7,9,11,14,17H,4-5,8,10H2,1-3H3. The third kappa shape index (κ3) is 2.00. The number of hydrogen-bond acceptors (Lipinski definition) is 3. The lowest BCUT2D eigenvalue weighted by atomic mass is 9.81. The summed E-state index contributed by atoms with van der Waals surface area (Å²) in [6.45, 7) is 2.33. The molecular formula is C16H23NO2. The van der Waals surface area contributed by atoms with Gasteiger partial charge in [-0.1, -0.05) is 6.92 Å². The molecule has 1 saturated carbocycles. The van der Waals surface area contributed by atoms with Gasteiger partial charge in [0.2, 0.25) is 0 Å².